The van der Waals surface area contributed by atoms with Gasteiger partial charge in [0.15, 0.2) is 6.73 Å². The van der Waals surface area contributed by atoms with Crippen molar-refractivity contribution in [2.75, 3.05) is 20.2 Å². The average molecular weight is 629 g/mol. The summed E-state index contributed by atoms with van der Waals surface area (Å²) in [6.45, 7) is 0.522. The monoisotopic (exact) mass is 628 g/mol. The number of hydrogen-bond acceptors (Lipinski definition) is 7. The van der Waals surface area contributed by atoms with Gasteiger partial charge in [-0.2, -0.15) is 5.10 Å². The number of likely N-dealkylation sites (tertiary alicyclic amines) is 1. The second kappa shape index (κ2) is 10.7. The molecule has 2 aliphatic heterocycles. The average Bonchev–Trinajstić information content (AvgIpc) is 3.31. The first kappa shape index (κ1) is 27.3. The first-order chi connectivity index (χ1) is 18.1. The number of piperidine rings is 1. The number of phosphoric ester groups is 1. The maximum Gasteiger partial charge on any atom is 0.471 e. The summed E-state index contributed by atoms with van der Waals surface area (Å²) in [7, 11) is -5.00. The Morgan fingerprint density at radius 1 is 1.32 bits per heavy atom. The molecule has 1 aromatic heterocycles. The Balaban J connectivity index is 1.40. The molecule has 3 aromatic rings. The fourth-order valence-corrected chi connectivity index (χ4v) is 6.67. The van der Waals surface area contributed by atoms with Crippen molar-refractivity contribution in [1.29, 1.82) is 0 Å². The van der Waals surface area contributed by atoms with E-state index in [2.05, 4.69) is 30.3 Å². The molecule has 1 fully saturated rings. The number of nitrogens with zero attached hydrogens (tertiary/aromatic N) is 3. The number of methoxy groups -OCH3 is 1. The van der Waals surface area contributed by atoms with Crippen molar-refractivity contribution in [2.45, 2.75) is 42.5 Å². The molecule has 1 unspecified atom stereocenters. The molecule has 0 aliphatic carbocycles. The van der Waals surface area contributed by atoms with Crippen LogP contribution in [0.4, 0.5) is 4.79 Å². The van der Waals surface area contributed by atoms with Gasteiger partial charge in [-0.25, -0.2) is 23.0 Å². The second-order valence-electron chi connectivity index (χ2n) is 9.18. The van der Waals surface area contributed by atoms with E-state index in [9.17, 15) is 13.6 Å². The first-order valence-electron chi connectivity index (χ1n) is 11.7. The van der Waals surface area contributed by atoms with Gasteiger partial charge in [-0.3, -0.25) is 4.52 Å². The van der Waals surface area contributed by atoms with Crippen LogP contribution in [0.15, 0.2) is 52.0 Å². The van der Waals surface area contributed by atoms with Crippen LogP contribution in [0.5, 0.6) is 5.75 Å². The van der Waals surface area contributed by atoms with Crippen LogP contribution in [0.25, 0.3) is 10.9 Å². The Morgan fingerprint density at radius 2 is 2.08 bits per heavy atom. The fraction of sp³-hybridized carbons (Fsp3) is 0.391. The lowest BCUT2D eigenvalue weighted by molar-refractivity contribution is -0.0205. The highest BCUT2D eigenvalue weighted by Gasteiger charge is 2.44. The quantitative estimate of drug-likeness (QED) is 0.348. The van der Waals surface area contributed by atoms with Crippen LogP contribution in [-0.4, -0.2) is 60.6 Å². The summed E-state index contributed by atoms with van der Waals surface area (Å²) in [4.78, 5) is 32.0. The van der Waals surface area contributed by atoms with Crippen molar-refractivity contribution in [2.24, 2.45) is 0 Å². The third-order valence-electron chi connectivity index (χ3n) is 6.71. The third-order valence-corrected chi connectivity index (χ3v) is 8.88. The number of hydrogen-bond donors (Lipinski definition) is 3. The lowest BCUT2D eigenvalue weighted by atomic mass is 9.81. The summed E-state index contributed by atoms with van der Waals surface area (Å²) in [6.07, 6.45) is 2.94. The minimum absolute atomic E-state index is 0.322. The van der Waals surface area contributed by atoms with Crippen LogP contribution >= 0.6 is 23.8 Å². The number of carbonyl (C=O) groups is 1. The van der Waals surface area contributed by atoms with Gasteiger partial charge in [-0.15, -0.1) is 0 Å². The number of rotatable bonds is 6. The highest BCUT2D eigenvalue weighted by molar-refractivity contribution is 9.10. The molecule has 1 spiro atoms. The minimum Gasteiger partial charge on any atom is -0.487 e. The number of aromatic nitrogens is 2. The molecule has 204 valence electrons. The predicted octanol–water partition coefficient (Wildman–Crippen LogP) is 3.60. The van der Waals surface area contributed by atoms with Crippen LogP contribution in [0.3, 0.4) is 0 Å². The third kappa shape index (κ3) is 5.81. The topological polar surface area (TPSA) is 152 Å². The molecule has 1 saturated heterocycles. The number of benzene rings is 2. The van der Waals surface area contributed by atoms with E-state index in [1.165, 1.54) is 11.8 Å². The number of fused-ring (bicyclic) bond motifs is 2. The molecule has 12 nitrogen and oxygen atoms in total. The molecule has 0 radical (unpaired) electrons. The number of carbonyl (C=O) groups excluding carboxylic acids is 1. The van der Waals surface area contributed by atoms with Gasteiger partial charge in [0.1, 0.15) is 27.9 Å². The zero-order valence-corrected chi connectivity index (χ0v) is 23.6. The highest BCUT2D eigenvalue weighted by atomic mass is 79.9. The van der Waals surface area contributed by atoms with E-state index in [1.54, 1.807) is 29.3 Å². The molecule has 2 atom stereocenters. The Hall–Kier alpha value is -2.32. The molecule has 38 heavy (non-hydrogen) atoms. The lowest BCUT2D eigenvalue weighted by Gasteiger charge is -2.46. The summed E-state index contributed by atoms with van der Waals surface area (Å²) in [5.41, 5.74) is 0.748. The zero-order chi connectivity index (χ0) is 27.1. The maximum atomic E-state index is 13.7. The normalized spacial score (nSPS) is 19.7. The van der Waals surface area contributed by atoms with Crippen LogP contribution < -0.4 is 9.46 Å². The molecule has 2 aromatic carbocycles. The Kier molecular flexibility index (Phi) is 7.66. The number of ether oxygens (including phenoxy) is 2. The molecule has 5 rings (SSSR count). The van der Waals surface area contributed by atoms with E-state index >= 15 is 0 Å². The van der Waals surface area contributed by atoms with Crippen molar-refractivity contribution in [3.63, 3.8) is 0 Å². The van der Waals surface area contributed by atoms with Gasteiger partial charge >= 0.3 is 13.9 Å². The smallest absolute Gasteiger partial charge is 0.471 e. The second-order valence-corrected chi connectivity index (χ2v) is 12.5. The molecule has 15 heteroatoms. The lowest BCUT2D eigenvalue weighted by Crippen LogP contribution is -2.53. The number of amides is 1. The van der Waals surface area contributed by atoms with Crippen molar-refractivity contribution in [1.82, 2.24) is 19.4 Å². The van der Waals surface area contributed by atoms with Gasteiger partial charge in [0.2, 0.25) is 0 Å². The summed E-state index contributed by atoms with van der Waals surface area (Å²) in [5.74, 6) is 0.692. The van der Waals surface area contributed by atoms with Gasteiger partial charge in [-0.1, -0.05) is 28.1 Å². The molecular formula is C23H26BrN4O8PS. The van der Waals surface area contributed by atoms with E-state index in [0.717, 1.165) is 10.0 Å². The van der Waals surface area contributed by atoms with E-state index in [0.29, 0.717) is 53.9 Å². The minimum atomic E-state index is -4.67. The molecular weight excluding hydrogens is 603 g/mol. The first-order valence-corrected chi connectivity index (χ1v) is 15.2. The Morgan fingerprint density at radius 3 is 2.79 bits per heavy atom. The zero-order valence-electron chi connectivity index (χ0n) is 20.3. The summed E-state index contributed by atoms with van der Waals surface area (Å²) in [6, 6.07) is 10.6. The van der Waals surface area contributed by atoms with Crippen molar-refractivity contribution < 1.29 is 37.4 Å². The summed E-state index contributed by atoms with van der Waals surface area (Å²) in [5, 5.41) is 4.99. The van der Waals surface area contributed by atoms with Crippen molar-refractivity contribution in [3.8, 4) is 5.75 Å². The van der Waals surface area contributed by atoms with E-state index in [4.69, 9.17) is 19.3 Å². The van der Waals surface area contributed by atoms with Gasteiger partial charge in [0.25, 0.3) is 0 Å². The van der Waals surface area contributed by atoms with Crippen LogP contribution in [0, 0.1) is 0 Å². The van der Waals surface area contributed by atoms with E-state index < -0.39 is 31.1 Å². The Labute approximate surface area is 229 Å². The summed E-state index contributed by atoms with van der Waals surface area (Å²) < 4.78 is 46.0. The number of phosphoric acid groups is 1. The molecule has 0 saturated carbocycles. The SMILES string of the molecule is COC(=O)N1CCC2(CC1)C[C@H](NS(=O)c1cccc3cn(COP(=O)(O)O)nc13)c1cc(Br)ccc1O2. The maximum absolute atomic E-state index is 13.7. The number of nitrogens with one attached hydrogen (secondary N) is 1. The van der Waals surface area contributed by atoms with Gasteiger partial charge in [0.05, 0.1) is 18.0 Å². The van der Waals surface area contributed by atoms with Gasteiger partial charge in [0, 0.05) is 54.0 Å². The molecule has 1 amide bonds. The predicted molar refractivity (Wildman–Crippen MR) is 140 cm³/mol. The van der Waals surface area contributed by atoms with Crippen LogP contribution in [-0.2, 0) is 31.5 Å². The largest absolute Gasteiger partial charge is 0.487 e. The van der Waals surface area contributed by atoms with Crippen molar-refractivity contribution >= 4 is 51.7 Å². The van der Waals surface area contributed by atoms with E-state index in [-0.39, 0.29) is 12.1 Å². The molecule has 3 heterocycles. The van der Waals surface area contributed by atoms with Crippen LogP contribution in [0.1, 0.15) is 30.9 Å². The van der Waals surface area contributed by atoms with Crippen molar-refractivity contribution in [3.05, 3.63) is 52.6 Å². The van der Waals surface area contributed by atoms with Gasteiger partial charge < -0.3 is 24.2 Å². The summed E-state index contributed by atoms with van der Waals surface area (Å²) >= 11 is 3.51. The van der Waals surface area contributed by atoms with Crippen LogP contribution in [0.2, 0.25) is 0 Å². The standard InChI is InChI=1S/C23H26BrN4O8PS/c1-34-22(29)27-9-7-23(8-10-27)12-18(17-11-16(24)5-6-19(17)36-23)26-38(33)20-4-2-3-15-13-28(25-21(15)20)14-35-37(30,31)32/h2-6,11,13,18,26H,7-10,12,14H2,1H3,(H2,30,31,32)/t18-,38?/m0/s1. The highest BCUT2D eigenvalue weighted by Crippen LogP contribution is 2.45. The molecule has 0 bridgehead atoms. The van der Waals surface area contributed by atoms with Gasteiger partial charge in [-0.05, 0) is 24.3 Å². The Bertz CT molecular complexity index is 1440. The fourth-order valence-electron chi connectivity index (χ4n) is 4.89. The molecule has 3 N–H and O–H groups in total. The van der Waals surface area contributed by atoms with E-state index in [1.807, 2.05) is 18.2 Å². The number of halogens is 1. The molecule has 2 aliphatic rings.